The standard InChI is InChI=1S/C17H16BrFO2/c18-12-6-5-11(15(19)10-12)9-16(20)13-7-8-21-17-4-2-1-3-14(13)17/h1-6,10,13,16,20H,7-9H2. The summed E-state index contributed by atoms with van der Waals surface area (Å²) in [4.78, 5) is 0. The Bertz CT molecular complexity index is 644. The van der Waals surface area contributed by atoms with Crippen molar-refractivity contribution in [2.75, 3.05) is 6.61 Å². The molecule has 2 unspecified atom stereocenters. The van der Waals surface area contributed by atoms with Crippen molar-refractivity contribution in [1.29, 1.82) is 0 Å². The Morgan fingerprint density at radius 3 is 2.90 bits per heavy atom. The van der Waals surface area contributed by atoms with Crippen LogP contribution >= 0.6 is 15.9 Å². The van der Waals surface area contributed by atoms with Gasteiger partial charge in [-0.15, -0.1) is 0 Å². The molecule has 1 aliphatic heterocycles. The van der Waals surface area contributed by atoms with Gasteiger partial charge in [0.25, 0.3) is 0 Å². The predicted molar refractivity (Wildman–Crippen MR) is 83.1 cm³/mol. The molecule has 110 valence electrons. The first-order valence-corrected chi connectivity index (χ1v) is 7.78. The molecule has 0 spiro atoms. The summed E-state index contributed by atoms with van der Waals surface area (Å²) in [5, 5.41) is 10.5. The van der Waals surface area contributed by atoms with E-state index >= 15 is 0 Å². The molecule has 1 N–H and O–H groups in total. The topological polar surface area (TPSA) is 29.5 Å². The second-order valence-electron chi connectivity index (χ2n) is 5.29. The van der Waals surface area contributed by atoms with Gasteiger partial charge in [-0.05, 0) is 35.7 Å². The van der Waals surface area contributed by atoms with Crippen LogP contribution in [0.25, 0.3) is 0 Å². The first kappa shape index (κ1) is 14.5. The first-order chi connectivity index (χ1) is 10.1. The highest BCUT2D eigenvalue weighted by Gasteiger charge is 2.28. The largest absolute Gasteiger partial charge is 0.493 e. The molecule has 0 aliphatic carbocycles. The van der Waals surface area contributed by atoms with Crippen LogP contribution in [0.2, 0.25) is 0 Å². The smallest absolute Gasteiger partial charge is 0.127 e. The molecule has 0 saturated carbocycles. The van der Waals surface area contributed by atoms with Crippen LogP contribution < -0.4 is 4.74 Å². The second-order valence-corrected chi connectivity index (χ2v) is 6.20. The Morgan fingerprint density at radius 1 is 1.29 bits per heavy atom. The Hall–Kier alpha value is -1.39. The Morgan fingerprint density at radius 2 is 2.10 bits per heavy atom. The van der Waals surface area contributed by atoms with E-state index in [-0.39, 0.29) is 11.7 Å². The van der Waals surface area contributed by atoms with E-state index in [1.54, 1.807) is 12.1 Å². The maximum Gasteiger partial charge on any atom is 0.127 e. The highest BCUT2D eigenvalue weighted by atomic mass is 79.9. The molecule has 1 aliphatic rings. The number of para-hydroxylation sites is 1. The zero-order valence-corrected chi connectivity index (χ0v) is 13.0. The van der Waals surface area contributed by atoms with Crippen LogP contribution in [0.1, 0.15) is 23.5 Å². The number of benzene rings is 2. The van der Waals surface area contributed by atoms with Crippen molar-refractivity contribution in [1.82, 2.24) is 0 Å². The second kappa shape index (κ2) is 6.16. The fourth-order valence-electron chi connectivity index (χ4n) is 2.82. The van der Waals surface area contributed by atoms with E-state index in [0.29, 0.717) is 23.1 Å². The molecular formula is C17H16BrFO2. The third kappa shape index (κ3) is 3.11. The van der Waals surface area contributed by atoms with Gasteiger partial charge in [0, 0.05) is 16.8 Å². The van der Waals surface area contributed by atoms with Crippen LogP contribution in [0.4, 0.5) is 4.39 Å². The van der Waals surface area contributed by atoms with Gasteiger partial charge in [-0.25, -0.2) is 4.39 Å². The number of hydrogen-bond donors (Lipinski definition) is 1. The van der Waals surface area contributed by atoms with Crippen molar-refractivity contribution in [2.45, 2.75) is 24.9 Å². The van der Waals surface area contributed by atoms with E-state index < -0.39 is 6.10 Å². The fraction of sp³-hybridized carbons (Fsp3) is 0.294. The van der Waals surface area contributed by atoms with Gasteiger partial charge in [-0.2, -0.15) is 0 Å². The monoisotopic (exact) mass is 350 g/mol. The number of rotatable bonds is 3. The molecule has 2 aromatic rings. The molecule has 2 nitrogen and oxygen atoms in total. The molecule has 1 heterocycles. The van der Waals surface area contributed by atoms with Crippen molar-refractivity contribution in [3.05, 3.63) is 63.9 Å². The van der Waals surface area contributed by atoms with E-state index in [9.17, 15) is 9.50 Å². The number of aliphatic hydroxyl groups excluding tert-OH is 1. The molecule has 0 fully saturated rings. The Balaban J connectivity index is 1.81. The van der Waals surface area contributed by atoms with Crippen LogP contribution in [0.15, 0.2) is 46.9 Å². The molecule has 2 aromatic carbocycles. The van der Waals surface area contributed by atoms with Crippen molar-refractivity contribution in [3.8, 4) is 5.75 Å². The SMILES string of the molecule is OC(Cc1ccc(Br)cc1F)C1CCOc2ccccc21. The lowest BCUT2D eigenvalue weighted by Gasteiger charge is -2.29. The third-order valence-electron chi connectivity index (χ3n) is 3.91. The van der Waals surface area contributed by atoms with Gasteiger partial charge in [0.05, 0.1) is 12.7 Å². The summed E-state index contributed by atoms with van der Waals surface area (Å²) < 4.78 is 20.2. The van der Waals surface area contributed by atoms with Gasteiger partial charge in [0.15, 0.2) is 0 Å². The van der Waals surface area contributed by atoms with Gasteiger partial charge in [-0.1, -0.05) is 40.2 Å². The summed E-state index contributed by atoms with van der Waals surface area (Å²) >= 11 is 3.24. The minimum absolute atomic E-state index is 0.0157. The molecule has 4 heteroatoms. The summed E-state index contributed by atoms with van der Waals surface area (Å²) in [5.41, 5.74) is 1.54. The van der Waals surface area contributed by atoms with Gasteiger partial charge in [0.1, 0.15) is 11.6 Å². The number of hydrogen-bond acceptors (Lipinski definition) is 2. The summed E-state index contributed by atoms with van der Waals surface area (Å²) in [6, 6.07) is 12.7. The molecule has 0 aromatic heterocycles. The molecule has 3 rings (SSSR count). The third-order valence-corrected chi connectivity index (χ3v) is 4.41. The highest BCUT2D eigenvalue weighted by molar-refractivity contribution is 9.10. The molecule has 0 amide bonds. The molecular weight excluding hydrogens is 335 g/mol. The van der Waals surface area contributed by atoms with Crippen LogP contribution in [0.3, 0.4) is 0 Å². The number of halogens is 2. The van der Waals surface area contributed by atoms with E-state index in [1.165, 1.54) is 6.07 Å². The van der Waals surface area contributed by atoms with Gasteiger partial charge in [0.2, 0.25) is 0 Å². The molecule has 2 atom stereocenters. The van der Waals surface area contributed by atoms with Crippen molar-refractivity contribution in [3.63, 3.8) is 0 Å². The van der Waals surface area contributed by atoms with Crippen LogP contribution in [0, 0.1) is 5.82 Å². The lowest BCUT2D eigenvalue weighted by molar-refractivity contribution is 0.116. The number of fused-ring (bicyclic) bond motifs is 1. The quantitative estimate of drug-likeness (QED) is 0.904. The predicted octanol–water partition coefficient (Wildman–Crippen LogP) is 4.06. The Labute approximate surface area is 131 Å². The van der Waals surface area contributed by atoms with Gasteiger partial charge in [-0.3, -0.25) is 0 Å². The summed E-state index contributed by atoms with van der Waals surface area (Å²) in [7, 11) is 0. The maximum absolute atomic E-state index is 13.9. The van der Waals surface area contributed by atoms with Crippen molar-refractivity contribution in [2.24, 2.45) is 0 Å². The minimum atomic E-state index is -0.620. The van der Waals surface area contributed by atoms with E-state index in [0.717, 1.165) is 17.7 Å². The minimum Gasteiger partial charge on any atom is -0.493 e. The van der Waals surface area contributed by atoms with Gasteiger partial charge >= 0.3 is 0 Å². The van der Waals surface area contributed by atoms with Crippen molar-refractivity contribution >= 4 is 15.9 Å². The van der Waals surface area contributed by atoms with Gasteiger partial charge < -0.3 is 9.84 Å². The zero-order valence-electron chi connectivity index (χ0n) is 11.4. The normalized spacial score (nSPS) is 18.7. The highest BCUT2D eigenvalue weighted by Crippen LogP contribution is 2.36. The van der Waals surface area contributed by atoms with Crippen LogP contribution in [-0.2, 0) is 6.42 Å². The average molecular weight is 351 g/mol. The lowest BCUT2D eigenvalue weighted by atomic mass is 9.85. The van der Waals surface area contributed by atoms with Crippen molar-refractivity contribution < 1.29 is 14.2 Å². The summed E-state index contributed by atoms with van der Waals surface area (Å²) in [6.07, 6.45) is 0.430. The average Bonchev–Trinajstić information content (AvgIpc) is 2.49. The molecule has 0 bridgehead atoms. The summed E-state index contributed by atoms with van der Waals surface area (Å²) in [6.45, 7) is 0.585. The molecule has 21 heavy (non-hydrogen) atoms. The number of aliphatic hydroxyl groups is 1. The maximum atomic E-state index is 13.9. The van der Waals surface area contributed by atoms with Crippen LogP contribution in [0.5, 0.6) is 5.75 Å². The Kier molecular flexibility index (Phi) is 4.27. The first-order valence-electron chi connectivity index (χ1n) is 6.99. The molecule has 0 radical (unpaired) electrons. The molecule has 0 saturated heterocycles. The fourth-order valence-corrected chi connectivity index (χ4v) is 3.16. The zero-order chi connectivity index (χ0) is 14.8. The van der Waals surface area contributed by atoms with E-state index in [4.69, 9.17) is 4.74 Å². The van der Waals surface area contributed by atoms with E-state index in [2.05, 4.69) is 15.9 Å². The number of ether oxygens (including phenoxy) is 1. The lowest BCUT2D eigenvalue weighted by Crippen LogP contribution is -2.27. The van der Waals surface area contributed by atoms with E-state index in [1.807, 2.05) is 24.3 Å². The van der Waals surface area contributed by atoms with Crippen LogP contribution in [-0.4, -0.2) is 17.8 Å². The summed E-state index contributed by atoms with van der Waals surface area (Å²) in [5.74, 6) is 0.519.